The van der Waals surface area contributed by atoms with Crippen LogP contribution >= 0.6 is 0 Å². The maximum Gasteiger partial charge on any atom is 0.220 e. The lowest BCUT2D eigenvalue weighted by Gasteiger charge is -2.38. The molecule has 74 valence electrons. The van der Waals surface area contributed by atoms with E-state index >= 15 is 0 Å². The molecule has 0 aromatic rings. The third kappa shape index (κ3) is 2.33. The third-order valence-electron chi connectivity index (χ3n) is 3.03. The highest BCUT2D eigenvalue weighted by atomic mass is 16.1. The van der Waals surface area contributed by atoms with E-state index in [0.29, 0.717) is 12.3 Å². The third-order valence-corrected chi connectivity index (χ3v) is 3.03. The summed E-state index contributed by atoms with van der Waals surface area (Å²) in [5, 5.41) is 3.10. The molecule has 1 N–H and O–H groups in total. The zero-order valence-electron chi connectivity index (χ0n) is 8.76. The maximum atomic E-state index is 11.3. The van der Waals surface area contributed by atoms with Gasteiger partial charge in [0, 0.05) is 12.0 Å². The van der Waals surface area contributed by atoms with Gasteiger partial charge in [-0.25, -0.2) is 0 Å². The lowest BCUT2D eigenvalue weighted by Crippen LogP contribution is -2.51. The van der Waals surface area contributed by atoms with Crippen LogP contribution in [-0.4, -0.2) is 11.4 Å². The molecule has 1 aliphatic carbocycles. The normalized spacial score (nSPS) is 33.0. The number of carbonyl (C=O) groups excluding carboxylic acids is 1. The van der Waals surface area contributed by atoms with Gasteiger partial charge >= 0.3 is 0 Å². The second kappa shape index (κ2) is 3.95. The van der Waals surface area contributed by atoms with Crippen molar-refractivity contribution in [2.24, 2.45) is 5.92 Å². The molecule has 0 fully saturated rings. The average molecular weight is 181 g/mol. The summed E-state index contributed by atoms with van der Waals surface area (Å²) in [5.74, 6) is 0.692. The molecule has 0 saturated carbocycles. The van der Waals surface area contributed by atoms with Crippen molar-refractivity contribution in [2.45, 2.75) is 45.6 Å². The molecule has 0 radical (unpaired) electrons. The summed E-state index contributed by atoms with van der Waals surface area (Å²) in [5.41, 5.74) is -0.0259. The van der Waals surface area contributed by atoms with Crippen molar-refractivity contribution in [2.75, 3.05) is 0 Å². The molecule has 0 aromatic carbocycles. The van der Waals surface area contributed by atoms with Crippen LogP contribution in [-0.2, 0) is 4.79 Å². The van der Waals surface area contributed by atoms with E-state index in [1.165, 1.54) is 0 Å². The van der Waals surface area contributed by atoms with E-state index in [4.69, 9.17) is 0 Å². The molecule has 2 heteroatoms. The number of rotatable bonds is 2. The average Bonchev–Trinajstić information content (AvgIpc) is 2.10. The molecule has 1 aliphatic rings. The second-order valence-corrected chi connectivity index (χ2v) is 4.13. The van der Waals surface area contributed by atoms with Crippen LogP contribution in [0, 0.1) is 5.92 Å². The second-order valence-electron chi connectivity index (χ2n) is 4.13. The Labute approximate surface area is 80.4 Å². The lowest BCUT2D eigenvalue weighted by molar-refractivity contribution is -0.123. The van der Waals surface area contributed by atoms with Crippen LogP contribution in [0.4, 0.5) is 0 Å². The van der Waals surface area contributed by atoms with Crippen molar-refractivity contribution in [3.63, 3.8) is 0 Å². The van der Waals surface area contributed by atoms with Crippen molar-refractivity contribution in [1.82, 2.24) is 5.32 Å². The van der Waals surface area contributed by atoms with E-state index < -0.39 is 0 Å². The highest BCUT2D eigenvalue weighted by molar-refractivity contribution is 5.76. The van der Waals surface area contributed by atoms with Gasteiger partial charge in [0.1, 0.15) is 0 Å². The molecule has 0 aliphatic heterocycles. The molecule has 0 spiro atoms. The standard InChI is InChI=1S/C11H19NO/c1-4-10(13)12-11(3)8-6-5-7-9(11)2/h5-6,9H,4,7-8H2,1-3H3,(H,12,13). The number of hydrogen-bond donors (Lipinski definition) is 1. The molecule has 0 aromatic heterocycles. The summed E-state index contributed by atoms with van der Waals surface area (Å²) in [6.07, 6.45) is 6.97. The fourth-order valence-corrected chi connectivity index (χ4v) is 1.67. The summed E-state index contributed by atoms with van der Waals surface area (Å²) in [6, 6.07) is 0. The molecule has 2 unspecified atom stereocenters. The van der Waals surface area contributed by atoms with Gasteiger partial charge in [-0.2, -0.15) is 0 Å². The number of nitrogens with one attached hydrogen (secondary N) is 1. The molecular formula is C11H19NO. The van der Waals surface area contributed by atoms with Gasteiger partial charge in [0.15, 0.2) is 0 Å². The van der Waals surface area contributed by atoms with Gasteiger partial charge < -0.3 is 5.32 Å². The minimum atomic E-state index is -0.0259. The summed E-state index contributed by atoms with van der Waals surface area (Å²) >= 11 is 0. The van der Waals surface area contributed by atoms with Crippen LogP contribution in [0.5, 0.6) is 0 Å². The first-order valence-electron chi connectivity index (χ1n) is 5.04. The van der Waals surface area contributed by atoms with Crippen LogP contribution < -0.4 is 5.32 Å². The zero-order chi connectivity index (χ0) is 9.90. The SMILES string of the molecule is CCC(=O)NC1(C)CC=CCC1C. The van der Waals surface area contributed by atoms with Crippen molar-refractivity contribution in [3.05, 3.63) is 12.2 Å². The number of hydrogen-bond acceptors (Lipinski definition) is 1. The molecule has 13 heavy (non-hydrogen) atoms. The van der Waals surface area contributed by atoms with E-state index in [0.717, 1.165) is 12.8 Å². The topological polar surface area (TPSA) is 29.1 Å². The molecule has 0 bridgehead atoms. The Kier molecular flexibility index (Phi) is 3.12. The van der Waals surface area contributed by atoms with Crippen molar-refractivity contribution < 1.29 is 4.79 Å². The molecule has 1 rings (SSSR count). The number of carbonyl (C=O) groups is 1. The smallest absolute Gasteiger partial charge is 0.220 e. The zero-order valence-corrected chi connectivity index (χ0v) is 8.76. The summed E-state index contributed by atoms with van der Waals surface area (Å²) < 4.78 is 0. The Morgan fingerprint density at radius 3 is 2.85 bits per heavy atom. The van der Waals surface area contributed by atoms with Crippen LogP contribution in [0.2, 0.25) is 0 Å². The fraction of sp³-hybridized carbons (Fsp3) is 0.727. The molecular weight excluding hydrogens is 162 g/mol. The van der Waals surface area contributed by atoms with Crippen LogP contribution in [0.1, 0.15) is 40.0 Å². The maximum absolute atomic E-state index is 11.3. The fourth-order valence-electron chi connectivity index (χ4n) is 1.67. The minimum Gasteiger partial charge on any atom is -0.350 e. The first-order chi connectivity index (χ1) is 6.08. The Bertz CT molecular complexity index is 222. The quantitative estimate of drug-likeness (QED) is 0.650. The monoisotopic (exact) mass is 181 g/mol. The van der Waals surface area contributed by atoms with Crippen LogP contribution in [0.15, 0.2) is 12.2 Å². The van der Waals surface area contributed by atoms with E-state index in [-0.39, 0.29) is 11.4 Å². The molecule has 0 saturated heterocycles. The highest BCUT2D eigenvalue weighted by Gasteiger charge is 2.32. The first kappa shape index (κ1) is 10.3. The van der Waals surface area contributed by atoms with Gasteiger partial charge in [-0.3, -0.25) is 4.79 Å². The number of allylic oxidation sites excluding steroid dienone is 1. The van der Waals surface area contributed by atoms with Gasteiger partial charge in [0.05, 0.1) is 0 Å². The van der Waals surface area contributed by atoms with E-state index in [2.05, 4.69) is 31.3 Å². The molecule has 0 heterocycles. The minimum absolute atomic E-state index is 0.0259. The summed E-state index contributed by atoms with van der Waals surface area (Å²) in [7, 11) is 0. The van der Waals surface area contributed by atoms with Crippen LogP contribution in [0.25, 0.3) is 0 Å². The van der Waals surface area contributed by atoms with E-state index in [1.54, 1.807) is 0 Å². The Balaban J connectivity index is 2.63. The Morgan fingerprint density at radius 1 is 1.62 bits per heavy atom. The van der Waals surface area contributed by atoms with E-state index in [1.807, 2.05) is 6.92 Å². The molecule has 2 nitrogen and oxygen atoms in total. The summed E-state index contributed by atoms with van der Waals surface area (Å²) in [4.78, 5) is 11.3. The Hall–Kier alpha value is -0.790. The molecule has 2 atom stereocenters. The van der Waals surface area contributed by atoms with Crippen molar-refractivity contribution >= 4 is 5.91 Å². The Morgan fingerprint density at radius 2 is 2.31 bits per heavy atom. The van der Waals surface area contributed by atoms with Gasteiger partial charge in [-0.1, -0.05) is 26.0 Å². The lowest BCUT2D eigenvalue weighted by atomic mass is 9.78. The predicted molar refractivity (Wildman–Crippen MR) is 54.4 cm³/mol. The van der Waals surface area contributed by atoms with Crippen molar-refractivity contribution in [3.8, 4) is 0 Å². The summed E-state index contributed by atoms with van der Waals surface area (Å²) in [6.45, 7) is 6.22. The van der Waals surface area contributed by atoms with Gasteiger partial charge in [0.2, 0.25) is 5.91 Å². The van der Waals surface area contributed by atoms with E-state index in [9.17, 15) is 4.79 Å². The van der Waals surface area contributed by atoms with Gasteiger partial charge in [0.25, 0.3) is 0 Å². The van der Waals surface area contributed by atoms with Gasteiger partial charge in [-0.05, 0) is 25.7 Å². The number of amides is 1. The highest BCUT2D eigenvalue weighted by Crippen LogP contribution is 2.28. The predicted octanol–water partition coefficient (Wildman–Crippen LogP) is 2.26. The molecule has 1 amide bonds. The van der Waals surface area contributed by atoms with Crippen molar-refractivity contribution in [1.29, 1.82) is 0 Å². The first-order valence-corrected chi connectivity index (χ1v) is 5.04. The van der Waals surface area contributed by atoms with Crippen LogP contribution in [0.3, 0.4) is 0 Å². The van der Waals surface area contributed by atoms with Gasteiger partial charge in [-0.15, -0.1) is 0 Å². The largest absolute Gasteiger partial charge is 0.350 e.